The van der Waals surface area contributed by atoms with Gasteiger partial charge in [0.25, 0.3) is 0 Å². The molecular formula is C10H17ClN2O2. The minimum Gasteiger partial charge on any atom is -0.381 e. The van der Waals surface area contributed by atoms with E-state index in [1.165, 1.54) is 5.57 Å². The van der Waals surface area contributed by atoms with E-state index in [0.29, 0.717) is 12.4 Å². The van der Waals surface area contributed by atoms with E-state index in [9.17, 15) is 4.79 Å². The van der Waals surface area contributed by atoms with Crippen molar-refractivity contribution in [2.24, 2.45) is 0 Å². The third kappa shape index (κ3) is 5.64. The van der Waals surface area contributed by atoms with E-state index in [1.807, 2.05) is 0 Å². The summed E-state index contributed by atoms with van der Waals surface area (Å²) in [5.74, 6) is 0.568. The van der Waals surface area contributed by atoms with Crippen molar-refractivity contribution in [1.29, 1.82) is 0 Å². The number of amides is 2. The van der Waals surface area contributed by atoms with Crippen LogP contribution in [0.2, 0.25) is 0 Å². The monoisotopic (exact) mass is 232 g/mol. The van der Waals surface area contributed by atoms with Gasteiger partial charge in [0, 0.05) is 18.6 Å². The second kappa shape index (κ2) is 7.54. The predicted molar refractivity (Wildman–Crippen MR) is 60.0 cm³/mol. The van der Waals surface area contributed by atoms with Crippen molar-refractivity contribution >= 4 is 17.6 Å². The van der Waals surface area contributed by atoms with Crippen LogP contribution in [0.1, 0.15) is 19.3 Å². The average molecular weight is 233 g/mol. The smallest absolute Gasteiger partial charge is 0.318 e. The van der Waals surface area contributed by atoms with E-state index < -0.39 is 0 Å². The Morgan fingerprint density at radius 3 is 2.87 bits per heavy atom. The predicted octanol–water partition coefficient (Wildman–Crippen LogP) is 1.61. The second-order valence-electron chi connectivity index (χ2n) is 3.36. The van der Waals surface area contributed by atoms with Gasteiger partial charge in [0.05, 0.1) is 13.2 Å². The molecule has 86 valence electrons. The molecule has 0 aliphatic carbocycles. The molecule has 2 N–H and O–H groups in total. The lowest BCUT2D eigenvalue weighted by molar-refractivity contribution is 0.119. The minimum atomic E-state index is -0.167. The van der Waals surface area contributed by atoms with Crippen molar-refractivity contribution in [3.8, 4) is 0 Å². The molecule has 5 heteroatoms. The standard InChI is InChI=1S/C10H17ClN2O2/c11-4-1-5-12-10(14)13-8-9-2-6-15-7-3-9/h8H,1-7H2,(H2,12,13,14). The Kier molecular flexibility index (Phi) is 6.20. The van der Waals surface area contributed by atoms with Gasteiger partial charge in [-0.3, -0.25) is 0 Å². The number of ether oxygens (including phenoxy) is 1. The van der Waals surface area contributed by atoms with Crippen LogP contribution in [0.4, 0.5) is 4.79 Å². The number of alkyl halides is 1. The normalized spacial score (nSPS) is 15.9. The summed E-state index contributed by atoms with van der Waals surface area (Å²) in [7, 11) is 0. The molecule has 4 nitrogen and oxygen atoms in total. The number of nitrogens with one attached hydrogen (secondary N) is 2. The van der Waals surface area contributed by atoms with Gasteiger partial charge < -0.3 is 15.4 Å². The Labute approximate surface area is 95.0 Å². The van der Waals surface area contributed by atoms with Gasteiger partial charge in [0.1, 0.15) is 0 Å². The summed E-state index contributed by atoms with van der Waals surface area (Å²) in [5, 5.41) is 5.41. The lowest BCUT2D eigenvalue weighted by atomic mass is 10.1. The number of hydrogen-bond acceptors (Lipinski definition) is 2. The Bertz CT molecular complexity index is 223. The summed E-state index contributed by atoms with van der Waals surface area (Å²) >= 11 is 5.49. The molecule has 0 aromatic carbocycles. The van der Waals surface area contributed by atoms with Gasteiger partial charge in [-0.05, 0) is 24.8 Å². The first-order valence-electron chi connectivity index (χ1n) is 5.19. The first kappa shape index (κ1) is 12.3. The molecule has 0 atom stereocenters. The fourth-order valence-corrected chi connectivity index (χ4v) is 1.40. The van der Waals surface area contributed by atoms with E-state index in [-0.39, 0.29) is 6.03 Å². The molecule has 0 saturated carbocycles. The summed E-state index contributed by atoms with van der Waals surface area (Å²) in [6.45, 7) is 2.12. The Morgan fingerprint density at radius 1 is 1.47 bits per heavy atom. The molecule has 0 aromatic rings. The lowest BCUT2D eigenvalue weighted by Gasteiger charge is -2.14. The third-order valence-corrected chi connectivity index (χ3v) is 2.41. The van der Waals surface area contributed by atoms with E-state index >= 15 is 0 Å². The Hall–Kier alpha value is -0.740. The zero-order valence-corrected chi connectivity index (χ0v) is 9.48. The third-order valence-electron chi connectivity index (χ3n) is 2.14. The molecule has 0 unspecified atom stereocenters. The fourth-order valence-electron chi connectivity index (χ4n) is 1.27. The molecule has 15 heavy (non-hydrogen) atoms. The zero-order valence-electron chi connectivity index (χ0n) is 8.72. The second-order valence-corrected chi connectivity index (χ2v) is 3.74. The summed E-state index contributed by atoms with van der Waals surface area (Å²) in [6.07, 6.45) is 4.38. The summed E-state index contributed by atoms with van der Waals surface area (Å²) in [4.78, 5) is 11.2. The van der Waals surface area contributed by atoms with Gasteiger partial charge >= 0.3 is 6.03 Å². The quantitative estimate of drug-likeness (QED) is 0.572. The summed E-state index contributed by atoms with van der Waals surface area (Å²) < 4.78 is 5.20. The molecule has 0 radical (unpaired) electrons. The summed E-state index contributed by atoms with van der Waals surface area (Å²) in [6, 6.07) is -0.167. The number of carbonyl (C=O) groups excluding carboxylic acids is 1. The van der Waals surface area contributed by atoms with Gasteiger partial charge in [0.15, 0.2) is 0 Å². The topological polar surface area (TPSA) is 50.4 Å². The molecule has 2 amide bonds. The molecule has 1 heterocycles. The molecule has 0 bridgehead atoms. The Balaban J connectivity index is 2.14. The van der Waals surface area contributed by atoms with Crippen molar-refractivity contribution in [2.45, 2.75) is 19.3 Å². The van der Waals surface area contributed by atoms with Crippen LogP contribution in [0, 0.1) is 0 Å². The summed E-state index contributed by atoms with van der Waals surface area (Å²) in [5.41, 5.74) is 1.23. The fraction of sp³-hybridized carbons (Fsp3) is 0.700. The molecule has 0 spiro atoms. The molecular weight excluding hydrogens is 216 g/mol. The molecule has 1 rings (SSSR count). The van der Waals surface area contributed by atoms with Crippen LogP contribution in [-0.2, 0) is 4.74 Å². The van der Waals surface area contributed by atoms with E-state index in [0.717, 1.165) is 32.5 Å². The molecule has 1 saturated heterocycles. The van der Waals surface area contributed by atoms with Crippen molar-refractivity contribution in [3.05, 3.63) is 11.8 Å². The van der Waals surface area contributed by atoms with Crippen LogP contribution >= 0.6 is 11.6 Å². The van der Waals surface area contributed by atoms with Crippen LogP contribution in [0.25, 0.3) is 0 Å². The highest BCUT2D eigenvalue weighted by Gasteiger charge is 2.05. The van der Waals surface area contributed by atoms with Crippen LogP contribution in [-0.4, -0.2) is 31.7 Å². The minimum absolute atomic E-state index is 0.167. The van der Waals surface area contributed by atoms with Crippen LogP contribution in [0.3, 0.4) is 0 Å². The highest BCUT2D eigenvalue weighted by Crippen LogP contribution is 2.11. The van der Waals surface area contributed by atoms with Gasteiger partial charge in [-0.2, -0.15) is 0 Å². The maximum Gasteiger partial charge on any atom is 0.318 e. The first-order chi connectivity index (χ1) is 7.33. The van der Waals surface area contributed by atoms with E-state index in [1.54, 1.807) is 6.20 Å². The first-order valence-corrected chi connectivity index (χ1v) is 5.72. The van der Waals surface area contributed by atoms with Gasteiger partial charge in [-0.1, -0.05) is 0 Å². The number of carbonyl (C=O) groups is 1. The van der Waals surface area contributed by atoms with Gasteiger partial charge in [0.2, 0.25) is 0 Å². The van der Waals surface area contributed by atoms with Gasteiger partial charge in [-0.25, -0.2) is 4.79 Å². The maximum atomic E-state index is 11.2. The SMILES string of the molecule is O=C(NC=C1CCOCC1)NCCCCl. The van der Waals surface area contributed by atoms with Crippen molar-refractivity contribution in [2.75, 3.05) is 25.6 Å². The van der Waals surface area contributed by atoms with Crippen molar-refractivity contribution in [1.82, 2.24) is 10.6 Å². The molecule has 1 fully saturated rings. The van der Waals surface area contributed by atoms with Crippen LogP contribution in [0.15, 0.2) is 11.8 Å². The van der Waals surface area contributed by atoms with Crippen molar-refractivity contribution < 1.29 is 9.53 Å². The van der Waals surface area contributed by atoms with E-state index in [2.05, 4.69) is 10.6 Å². The van der Waals surface area contributed by atoms with Gasteiger partial charge in [-0.15, -0.1) is 11.6 Å². The van der Waals surface area contributed by atoms with Crippen molar-refractivity contribution in [3.63, 3.8) is 0 Å². The zero-order chi connectivity index (χ0) is 10.9. The molecule has 1 aliphatic rings. The number of halogens is 1. The van der Waals surface area contributed by atoms with Crippen LogP contribution < -0.4 is 10.6 Å². The number of hydrogen-bond donors (Lipinski definition) is 2. The highest BCUT2D eigenvalue weighted by molar-refractivity contribution is 6.17. The largest absolute Gasteiger partial charge is 0.381 e. The molecule has 1 aliphatic heterocycles. The Morgan fingerprint density at radius 2 is 2.20 bits per heavy atom. The highest BCUT2D eigenvalue weighted by atomic mass is 35.5. The van der Waals surface area contributed by atoms with Crippen LogP contribution in [0.5, 0.6) is 0 Å². The molecule has 0 aromatic heterocycles. The maximum absolute atomic E-state index is 11.2. The number of urea groups is 1. The lowest BCUT2D eigenvalue weighted by Crippen LogP contribution is -2.33. The average Bonchev–Trinajstić information content (AvgIpc) is 2.28. The number of rotatable bonds is 4. The van der Waals surface area contributed by atoms with E-state index in [4.69, 9.17) is 16.3 Å².